The molecule has 0 saturated carbocycles. The number of hydrogen-bond donors (Lipinski definition) is 2. The lowest BCUT2D eigenvalue weighted by Crippen LogP contribution is -2.50. The van der Waals surface area contributed by atoms with Gasteiger partial charge in [-0.3, -0.25) is 0 Å². The molecule has 1 amide bonds. The molecule has 0 bridgehead atoms. The maximum atomic E-state index is 12.4. The van der Waals surface area contributed by atoms with Crippen molar-refractivity contribution in [2.75, 3.05) is 26.3 Å². The highest BCUT2D eigenvalue weighted by Crippen LogP contribution is 2.37. The molecule has 1 heterocycles. The van der Waals surface area contributed by atoms with E-state index in [-0.39, 0.29) is 29.6 Å². The summed E-state index contributed by atoms with van der Waals surface area (Å²) < 4.78 is 11.7. The van der Waals surface area contributed by atoms with Gasteiger partial charge >= 0.3 is 6.09 Å². The van der Waals surface area contributed by atoms with Crippen molar-refractivity contribution in [3.63, 3.8) is 0 Å². The van der Waals surface area contributed by atoms with Gasteiger partial charge in [-0.1, -0.05) is 20.8 Å². The Labute approximate surface area is 166 Å². The number of hydrogen-bond acceptors (Lipinski definition) is 5. The zero-order valence-corrected chi connectivity index (χ0v) is 19.5. The van der Waals surface area contributed by atoms with E-state index in [1.165, 1.54) is 0 Å². The van der Waals surface area contributed by atoms with Crippen molar-refractivity contribution >= 4 is 14.4 Å². The number of aliphatic hydroxyl groups is 2. The van der Waals surface area contributed by atoms with E-state index in [1.54, 1.807) is 4.90 Å². The van der Waals surface area contributed by atoms with Gasteiger partial charge in [0.1, 0.15) is 5.60 Å². The Kier molecular flexibility index (Phi) is 8.35. The van der Waals surface area contributed by atoms with Gasteiger partial charge in [0.2, 0.25) is 0 Å². The van der Waals surface area contributed by atoms with Crippen LogP contribution in [0.15, 0.2) is 0 Å². The molecule has 3 atom stereocenters. The molecule has 1 aliphatic heterocycles. The van der Waals surface area contributed by atoms with Crippen molar-refractivity contribution in [3.8, 4) is 0 Å². The van der Waals surface area contributed by atoms with E-state index in [2.05, 4.69) is 33.9 Å². The Morgan fingerprint density at radius 1 is 1.22 bits per heavy atom. The number of piperidine rings is 1. The topological polar surface area (TPSA) is 79.2 Å². The van der Waals surface area contributed by atoms with Gasteiger partial charge in [0.15, 0.2) is 8.32 Å². The molecule has 7 heteroatoms. The van der Waals surface area contributed by atoms with Crippen molar-refractivity contribution in [3.05, 3.63) is 0 Å². The van der Waals surface area contributed by atoms with Crippen molar-refractivity contribution in [2.45, 2.75) is 84.2 Å². The van der Waals surface area contributed by atoms with Gasteiger partial charge in [-0.25, -0.2) is 4.79 Å². The molecule has 160 valence electrons. The SMILES string of the molecule is CC(C)(C)OC(=O)N1CC[C@@H](CCO[Si](C)(C)C(C)(C)C)[C@@H](C(O)CO)C1. The van der Waals surface area contributed by atoms with E-state index in [0.29, 0.717) is 19.7 Å². The summed E-state index contributed by atoms with van der Waals surface area (Å²) in [6.45, 7) is 18.0. The highest BCUT2D eigenvalue weighted by molar-refractivity contribution is 6.74. The maximum absolute atomic E-state index is 12.4. The second-order valence-corrected chi connectivity index (χ2v) is 15.1. The molecule has 0 aliphatic carbocycles. The maximum Gasteiger partial charge on any atom is 0.410 e. The van der Waals surface area contributed by atoms with E-state index < -0.39 is 20.0 Å². The molecule has 0 aromatic heterocycles. The second kappa shape index (κ2) is 9.24. The number of rotatable bonds is 6. The van der Waals surface area contributed by atoms with Crippen LogP contribution in [0, 0.1) is 11.8 Å². The van der Waals surface area contributed by atoms with Crippen LogP contribution in [0.4, 0.5) is 4.79 Å². The van der Waals surface area contributed by atoms with E-state index in [0.717, 1.165) is 12.8 Å². The third-order valence-electron chi connectivity index (χ3n) is 5.90. The molecule has 6 nitrogen and oxygen atoms in total. The number of aliphatic hydroxyl groups excluding tert-OH is 2. The summed E-state index contributed by atoms with van der Waals surface area (Å²) in [7, 11) is -1.80. The van der Waals surface area contributed by atoms with Crippen LogP contribution in [0.1, 0.15) is 54.4 Å². The third-order valence-corrected chi connectivity index (χ3v) is 10.4. The fourth-order valence-corrected chi connectivity index (χ4v) is 4.20. The lowest BCUT2D eigenvalue weighted by Gasteiger charge is -2.41. The van der Waals surface area contributed by atoms with E-state index in [4.69, 9.17) is 9.16 Å². The first-order valence-electron chi connectivity index (χ1n) is 10.1. The molecule has 2 N–H and O–H groups in total. The quantitative estimate of drug-likeness (QED) is 0.662. The fourth-order valence-electron chi connectivity index (χ4n) is 3.13. The van der Waals surface area contributed by atoms with Crippen LogP contribution >= 0.6 is 0 Å². The van der Waals surface area contributed by atoms with Gasteiger partial charge in [-0.2, -0.15) is 0 Å². The minimum Gasteiger partial charge on any atom is -0.444 e. The first kappa shape index (κ1) is 24.4. The molecule has 1 rings (SSSR count). The number of amides is 1. The Morgan fingerprint density at radius 3 is 2.30 bits per heavy atom. The van der Waals surface area contributed by atoms with Crippen molar-refractivity contribution in [1.82, 2.24) is 4.90 Å². The van der Waals surface area contributed by atoms with Crippen LogP contribution in [0.25, 0.3) is 0 Å². The van der Waals surface area contributed by atoms with Crippen LogP contribution < -0.4 is 0 Å². The normalized spacial score (nSPS) is 23.3. The lowest BCUT2D eigenvalue weighted by atomic mass is 9.80. The second-order valence-electron chi connectivity index (χ2n) is 10.3. The predicted molar refractivity (Wildman–Crippen MR) is 110 cm³/mol. The summed E-state index contributed by atoms with van der Waals surface area (Å²) in [6, 6.07) is 0. The molecule has 0 spiro atoms. The number of likely N-dealkylation sites (tertiary alicyclic amines) is 1. The van der Waals surface area contributed by atoms with Crippen LogP contribution in [-0.4, -0.2) is 67.5 Å². The van der Waals surface area contributed by atoms with Gasteiger partial charge in [-0.15, -0.1) is 0 Å². The summed E-state index contributed by atoms with van der Waals surface area (Å²) in [5, 5.41) is 19.9. The molecule has 1 unspecified atom stereocenters. The smallest absolute Gasteiger partial charge is 0.410 e. The highest BCUT2D eigenvalue weighted by atomic mass is 28.4. The molecule has 0 radical (unpaired) electrons. The molecule has 1 aliphatic rings. The summed E-state index contributed by atoms with van der Waals surface area (Å²) in [5.74, 6) is 0.0508. The van der Waals surface area contributed by atoms with E-state index >= 15 is 0 Å². The molecule has 0 aromatic rings. The molecule has 1 saturated heterocycles. The molecule has 0 aromatic carbocycles. The lowest BCUT2D eigenvalue weighted by molar-refractivity contribution is -0.0325. The number of carbonyl (C=O) groups excluding carboxylic acids is 1. The number of ether oxygens (including phenoxy) is 1. The number of nitrogens with zero attached hydrogens (tertiary/aromatic N) is 1. The summed E-state index contributed by atoms with van der Waals surface area (Å²) in [4.78, 5) is 14.0. The largest absolute Gasteiger partial charge is 0.444 e. The first-order chi connectivity index (χ1) is 12.2. The number of carbonyl (C=O) groups is 1. The van der Waals surface area contributed by atoms with Crippen LogP contribution in [-0.2, 0) is 9.16 Å². The van der Waals surface area contributed by atoms with Gasteiger partial charge in [0.05, 0.1) is 12.7 Å². The van der Waals surface area contributed by atoms with Gasteiger partial charge in [0, 0.05) is 25.6 Å². The molecule has 1 fully saturated rings. The monoisotopic (exact) mass is 403 g/mol. The average Bonchev–Trinajstić information content (AvgIpc) is 2.51. The highest BCUT2D eigenvalue weighted by Gasteiger charge is 2.39. The van der Waals surface area contributed by atoms with Crippen LogP contribution in [0.3, 0.4) is 0 Å². The summed E-state index contributed by atoms with van der Waals surface area (Å²) >= 11 is 0. The Balaban J connectivity index is 2.69. The molecular formula is C20H41NO5Si. The summed E-state index contributed by atoms with van der Waals surface area (Å²) in [5.41, 5.74) is -0.546. The minimum atomic E-state index is -1.80. The van der Waals surface area contributed by atoms with Crippen LogP contribution in [0.5, 0.6) is 0 Å². The molecule has 27 heavy (non-hydrogen) atoms. The van der Waals surface area contributed by atoms with Gasteiger partial charge in [-0.05, 0) is 57.7 Å². The Bertz CT molecular complexity index is 484. The van der Waals surface area contributed by atoms with Crippen LogP contribution in [0.2, 0.25) is 18.1 Å². The standard InChI is InChI=1S/C20H41NO5Si/c1-19(2,3)26-18(24)21-11-9-15(16(13-21)17(23)14-22)10-12-25-27(7,8)20(4,5)6/h15-17,22-23H,9-14H2,1-8H3/t15-,16-,17?/m0/s1. The van der Waals surface area contributed by atoms with Gasteiger partial charge < -0.3 is 24.3 Å². The van der Waals surface area contributed by atoms with Crippen molar-refractivity contribution in [2.24, 2.45) is 11.8 Å². The zero-order valence-electron chi connectivity index (χ0n) is 18.5. The molecular weight excluding hydrogens is 362 g/mol. The third kappa shape index (κ3) is 7.36. The summed E-state index contributed by atoms with van der Waals surface area (Å²) in [6.07, 6.45) is 0.417. The van der Waals surface area contributed by atoms with Crippen molar-refractivity contribution in [1.29, 1.82) is 0 Å². The Morgan fingerprint density at radius 2 is 1.81 bits per heavy atom. The Hall–Kier alpha value is -0.633. The average molecular weight is 404 g/mol. The minimum absolute atomic E-state index is 0.164. The van der Waals surface area contributed by atoms with Gasteiger partial charge in [0.25, 0.3) is 0 Å². The first-order valence-corrected chi connectivity index (χ1v) is 13.0. The van der Waals surface area contributed by atoms with E-state index in [9.17, 15) is 15.0 Å². The van der Waals surface area contributed by atoms with Crippen molar-refractivity contribution < 1.29 is 24.2 Å². The zero-order chi connectivity index (χ0) is 21.0. The predicted octanol–water partition coefficient (Wildman–Crippen LogP) is 3.62. The fraction of sp³-hybridized carbons (Fsp3) is 0.950. The van der Waals surface area contributed by atoms with E-state index in [1.807, 2.05) is 20.8 Å².